The maximum Gasteiger partial charge on any atom is 0.264 e. The highest BCUT2D eigenvalue weighted by Gasteiger charge is 2.28. The third kappa shape index (κ3) is 4.41. The molecule has 168 valence electrons. The molecule has 0 aliphatic carbocycles. The van der Waals surface area contributed by atoms with Crippen molar-refractivity contribution in [3.63, 3.8) is 0 Å². The van der Waals surface area contributed by atoms with E-state index in [-0.39, 0.29) is 11.9 Å². The van der Waals surface area contributed by atoms with Gasteiger partial charge in [-0.3, -0.25) is 4.79 Å². The van der Waals surface area contributed by atoms with Crippen LogP contribution in [0.25, 0.3) is 22.2 Å². The van der Waals surface area contributed by atoms with Crippen LogP contribution in [0.4, 0.5) is 5.69 Å². The second-order valence-electron chi connectivity index (χ2n) is 8.59. The Morgan fingerprint density at radius 3 is 2.61 bits per heavy atom. The number of hydrogen-bond acceptors (Lipinski definition) is 6. The van der Waals surface area contributed by atoms with Gasteiger partial charge in [0.2, 0.25) is 5.82 Å². The third-order valence-corrected chi connectivity index (χ3v) is 7.08. The summed E-state index contributed by atoms with van der Waals surface area (Å²) in [6.07, 6.45) is 0. The summed E-state index contributed by atoms with van der Waals surface area (Å²) >= 11 is 1.41. The Morgan fingerprint density at radius 2 is 1.85 bits per heavy atom. The quantitative estimate of drug-likeness (QED) is 0.408. The SMILES string of the molecule is Cc1ccc(-c2nc(-c3ccc(C(=O)N4CCN(c5cccc(C)c5)[C@H](C)C4)s3)no2)cc1. The Hall–Kier alpha value is -3.45. The lowest BCUT2D eigenvalue weighted by atomic mass is 10.1. The van der Waals surface area contributed by atoms with Gasteiger partial charge in [0.1, 0.15) is 0 Å². The largest absolute Gasteiger partial charge is 0.365 e. The molecule has 33 heavy (non-hydrogen) atoms. The van der Waals surface area contributed by atoms with Gasteiger partial charge in [-0.15, -0.1) is 11.3 Å². The zero-order chi connectivity index (χ0) is 22.9. The fourth-order valence-corrected chi connectivity index (χ4v) is 5.10. The summed E-state index contributed by atoms with van der Waals surface area (Å²) in [6, 6.07) is 20.5. The van der Waals surface area contributed by atoms with Crippen molar-refractivity contribution in [1.82, 2.24) is 15.0 Å². The molecule has 5 rings (SSSR count). The molecule has 0 spiro atoms. The summed E-state index contributed by atoms with van der Waals surface area (Å²) in [4.78, 5) is 23.6. The Labute approximate surface area is 197 Å². The first kappa shape index (κ1) is 21.4. The number of hydrogen-bond donors (Lipinski definition) is 0. The first-order chi connectivity index (χ1) is 16.0. The Bertz CT molecular complexity index is 1280. The number of aryl methyl sites for hydroxylation is 2. The number of anilines is 1. The molecule has 7 heteroatoms. The van der Waals surface area contributed by atoms with E-state index >= 15 is 0 Å². The van der Waals surface area contributed by atoms with Crippen LogP contribution in [0.3, 0.4) is 0 Å². The Balaban J connectivity index is 1.28. The number of carbonyl (C=O) groups is 1. The van der Waals surface area contributed by atoms with Gasteiger partial charge in [-0.05, 0) is 62.7 Å². The van der Waals surface area contributed by atoms with Crippen molar-refractivity contribution >= 4 is 22.9 Å². The van der Waals surface area contributed by atoms with Gasteiger partial charge in [-0.25, -0.2) is 0 Å². The minimum Gasteiger partial charge on any atom is -0.365 e. The van der Waals surface area contributed by atoms with Crippen LogP contribution >= 0.6 is 11.3 Å². The van der Waals surface area contributed by atoms with E-state index in [2.05, 4.69) is 53.2 Å². The molecule has 2 aromatic carbocycles. The van der Waals surface area contributed by atoms with Crippen molar-refractivity contribution in [2.45, 2.75) is 26.8 Å². The molecule has 1 saturated heterocycles. The Kier molecular flexibility index (Phi) is 5.72. The zero-order valence-electron chi connectivity index (χ0n) is 19.0. The number of thiophene rings is 1. The second kappa shape index (κ2) is 8.83. The number of rotatable bonds is 4. The molecule has 0 saturated carbocycles. The molecule has 0 unspecified atom stereocenters. The van der Waals surface area contributed by atoms with Gasteiger partial charge in [0, 0.05) is 36.9 Å². The molecule has 1 amide bonds. The first-order valence-corrected chi connectivity index (χ1v) is 11.9. The molecule has 3 heterocycles. The van der Waals surface area contributed by atoms with Gasteiger partial charge < -0.3 is 14.3 Å². The van der Waals surface area contributed by atoms with Crippen LogP contribution in [0.5, 0.6) is 0 Å². The van der Waals surface area contributed by atoms with Crippen molar-refractivity contribution in [2.24, 2.45) is 0 Å². The van der Waals surface area contributed by atoms with Crippen LogP contribution in [0.1, 0.15) is 27.7 Å². The van der Waals surface area contributed by atoms with Gasteiger partial charge in [0.05, 0.1) is 9.75 Å². The van der Waals surface area contributed by atoms with Crippen molar-refractivity contribution in [3.05, 3.63) is 76.7 Å². The van der Waals surface area contributed by atoms with E-state index in [0.717, 1.165) is 17.0 Å². The molecule has 6 nitrogen and oxygen atoms in total. The number of benzene rings is 2. The highest BCUT2D eigenvalue weighted by molar-refractivity contribution is 7.17. The van der Waals surface area contributed by atoms with Gasteiger partial charge in [0.15, 0.2) is 0 Å². The maximum atomic E-state index is 13.2. The minimum absolute atomic E-state index is 0.0595. The standard InChI is InChI=1S/C26H26N4O2S/c1-17-7-9-20(10-8-17)25-27-24(28-32-25)22-11-12-23(33-22)26(31)29-13-14-30(19(3)16-29)21-6-4-5-18(2)15-21/h4-12,15,19H,13-14,16H2,1-3H3/t19-/m1/s1. The summed E-state index contributed by atoms with van der Waals surface area (Å²) in [5.41, 5.74) is 4.52. The molecule has 1 atom stereocenters. The van der Waals surface area contributed by atoms with Gasteiger partial charge >= 0.3 is 0 Å². The van der Waals surface area contributed by atoms with Crippen molar-refractivity contribution in [2.75, 3.05) is 24.5 Å². The lowest BCUT2D eigenvalue weighted by molar-refractivity contribution is 0.0731. The smallest absolute Gasteiger partial charge is 0.264 e. The van der Waals surface area contributed by atoms with Crippen molar-refractivity contribution in [3.8, 4) is 22.2 Å². The molecule has 0 radical (unpaired) electrons. The van der Waals surface area contributed by atoms with Gasteiger partial charge in [-0.2, -0.15) is 4.98 Å². The maximum absolute atomic E-state index is 13.2. The van der Waals surface area contributed by atoms with E-state index in [1.807, 2.05) is 48.2 Å². The number of aromatic nitrogens is 2. The molecule has 1 fully saturated rings. The fourth-order valence-electron chi connectivity index (χ4n) is 4.20. The van der Waals surface area contributed by atoms with Crippen LogP contribution in [0, 0.1) is 13.8 Å². The van der Waals surface area contributed by atoms with E-state index in [1.165, 1.54) is 28.2 Å². The van der Waals surface area contributed by atoms with E-state index in [0.29, 0.717) is 29.7 Å². The molecule has 2 aromatic heterocycles. The second-order valence-corrected chi connectivity index (χ2v) is 9.67. The summed E-state index contributed by atoms with van der Waals surface area (Å²) in [7, 11) is 0. The van der Waals surface area contributed by atoms with Crippen LogP contribution in [-0.4, -0.2) is 46.6 Å². The summed E-state index contributed by atoms with van der Waals surface area (Å²) in [5.74, 6) is 1.05. The molecule has 4 aromatic rings. The predicted octanol–water partition coefficient (Wildman–Crippen LogP) is 5.43. The van der Waals surface area contributed by atoms with E-state index in [9.17, 15) is 4.79 Å². The fraction of sp³-hybridized carbons (Fsp3) is 0.269. The van der Waals surface area contributed by atoms with Crippen molar-refractivity contribution < 1.29 is 9.32 Å². The van der Waals surface area contributed by atoms with Crippen LogP contribution in [0.2, 0.25) is 0 Å². The van der Waals surface area contributed by atoms with Crippen LogP contribution < -0.4 is 4.90 Å². The average molecular weight is 459 g/mol. The number of piperazine rings is 1. The van der Waals surface area contributed by atoms with E-state index in [1.54, 1.807) is 0 Å². The lowest BCUT2D eigenvalue weighted by Gasteiger charge is -2.41. The summed E-state index contributed by atoms with van der Waals surface area (Å²) < 4.78 is 5.45. The molecular formula is C26H26N4O2S. The first-order valence-electron chi connectivity index (χ1n) is 11.1. The Morgan fingerprint density at radius 1 is 1.03 bits per heavy atom. The van der Waals surface area contributed by atoms with Crippen molar-refractivity contribution in [1.29, 1.82) is 0 Å². The molecule has 0 bridgehead atoms. The number of nitrogens with zero attached hydrogens (tertiary/aromatic N) is 4. The normalized spacial score (nSPS) is 16.3. The van der Waals surface area contributed by atoms with Gasteiger partial charge in [-0.1, -0.05) is 35.0 Å². The topological polar surface area (TPSA) is 62.5 Å². The van der Waals surface area contributed by atoms with E-state index < -0.39 is 0 Å². The average Bonchev–Trinajstić information content (AvgIpc) is 3.49. The molecular weight excluding hydrogens is 432 g/mol. The monoisotopic (exact) mass is 458 g/mol. The number of amides is 1. The summed E-state index contributed by atoms with van der Waals surface area (Å²) in [5, 5.41) is 4.13. The molecule has 1 aliphatic heterocycles. The highest BCUT2D eigenvalue weighted by atomic mass is 32.1. The predicted molar refractivity (Wildman–Crippen MR) is 132 cm³/mol. The molecule has 0 N–H and O–H groups in total. The zero-order valence-corrected chi connectivity index (χ0v) is 19.8. The summed E-state index contributed by atoms with van der Waals surface area (Å²) in [6.45, 7) is 8.53. The van der Waals surface area contributed by atoms with Crippen LogP contribution in [0.15, 0.2) is 65.2 Å². The van der Waals surface area contributed by atoms with E-state index in [4.69, 9.17) is 4.52 Å². The van der Waals surface area contributed by atoms with Crippen LogP contribution in [-0.2, 0) is 0 Å². The van der Waals surface area contributed by atoms with Gasteiger partial charge in [0.25, 0.3) is 11.8 Å². The highest BCUT2D eigenvalue weighted by Crippen LogP contribution is 2.30. The lowest BCUT2D eigenvalue weighted by Crippen LogP contribution is -2.53. The minimum atomic E-state index is 0.0595. The number of carbonyl (C=O) groups excluding carboxylic acids is 1. The third-order valence-electron chi connectivity index (χ3n) is 6.01. The molecule has 1 aliphatic rings.